The van der Waals surface area contributed by atoms with Gasteiger partial charge in [0.15, 0.2) is 0 Å². The minimum atomic E-state index is -5.08. The Morgan fingerprint density at radius 1 is 1.25 bits per heavy atom. The number of rotatable bonds is 2. The quantitative estimate of drug-likeness (QED) is 0.865. The van der Waals surface area contributed by atoms with Crippen molar-refractivity contribution < 1.29 is 27.9 Å². The third kappa shape index (κ3) is 5.70. The number of halogens is 3. The van der Waals surface area contributed by atoms with Crippen LogP contribution in [-0.2, 0) is 11.3 Å². The van der Waals surface area contributed by atoms with Crippen LogP contribution in [0.25, 0.3) is 0 Å². The Kier molecular flexibility index (Phi) is 6.70. The van der Waals surface area contributed by atoms with Gasteiger partial charge in [0.05, 0.1) is 0 Å². The topological polar surface area (TPSA) is 83.6 Å². The van der Waals surface area contributed by atoms with Gasteiger partial charge in [0.1, 0.15) is 0 Å². The normalized spacial score (nSPS) is 10.3. The maximum atomic E-state index is 11.6. The van der Waals surface area contributed by atoms with Gasteiger partial charge in [-0.2, -0.15) is 13.2 Å². The van der Waals surface area contributed by atoms with Crippen LogP contribution in [0.15, 0.2) is 24.3 Å². The fourth-order valence-electron chi connectivity index (χ4n) is 1.15. The molecule has 1 amide bonds. The van der Waals surface area contributed by atoms with E-state index < -0.39 is 12.1 Å². The number of amides is 1. The van der Waals surface area contributed by atoms with Gasteiger partial charge in [-0.3, -0.25) is 4.79 Å². The van der Waals surface area contributed by atoms with Gasteiger partial charge in [-0.1, -0.05) is 18.2 Å². The zero-order valence-electron chi connectivity index (χ0n) is 10.9. The van der Waals surface area contributed by atoms with Crippen molar-refractivity contribution in [1.29, 1.82) is 0 Å². The molecule has 0 aliphatic rings. The first kappa shape index (κ1) is 17.9. The van der Waals surface area contributed by atoms with E-state index in [4.69, 9.17) is 15.6 Å². The first-order chi connectivity index (χ1) is 9.11. The second-order valence-electron chi connectivity index (χ2n) is 3.86. The highest BCUT2D eigenvalue weighted by atomic mass is 19.4. The number of benzene rings is 1. The summed E-state index contributed by atoms with van der Waals surface area (Å²) in [6, 6.07) is 7.39. The minimum Gasteiger partial charge on any atom is -0.475 e. The lowest BCUT2D eigenvalue weighted by Gasteiger charge is -2.12. The van der Waals surface area contributed by atoms with E-state index in [1.807, 2.05) is 18.2 Å². The van der Waals surface area contributed by atoms with Gasteiger partial charge in [0.25, 0.3) is 5.91 Å². The number of hydrogen-bond donors (Lipinski definition) is 2. The van der Waals surface area contributed by atoms with Crippen LogP contribution in [0, 0.1) is 0 Å². The number of aliphatic carboxylic acids is 1. The Balaban J connectivity index is 0.000000441. The number of hydrogen-bond acceptors (Lipinski definition) is 3. The molecule has 0 aliphatic carbocycles. The molecule has 0 atom stereocenters. The predicted octanol–water partition coefficient (Wildman–Crippen LogP) is 1.48. The third-order valence-corrected chi connectivity index (χ3v) is 2.12. The first-order valence-corrected chi connectivity index (χ1v) is 5.41. The highest BCUT2D eigenvalue weighted by molar-refractivity contribution is 5.95. The number of alkyl halides is 3. The van der Waals surface area contributed by atoms with Crippen molar-refractivity contribution in [3.05, 3.63) is 35.4 Å². The van der Waals surface area contributed by atoms with Gasteiger partial charge < -0.3 is 15.7 Å². The molecule has 1 rings (SSSR count). The Hall–Kier alpha value is -2.09. The molecule has 1 aromatic rings. The van der Waals surface area contributed by atoms with Crippen molar-refractivity contribution >= 4 is 11.9 Å². The van der Waals surface area contributed by atoms with Crippen LogP contribution in [0.3, 0.4) is 0 Å². The average Bonchev–Trinajstić information content (AvgIpc) is 2.37. The van der Waals surface area contributed by atoms with Crippen LogP contribution in [0.4, 0.5) is 13.2 Å². The van der Waals surface area contributed by atoms with E-state index >= 15 is 0 Å². The zero-order chi connectivity index (χ0) is 15.9. The number of carbonyl (C=O) groups is 2. The molecule has 0 spiro atoms. The maximum Gasteiger partial charge on any atom is 0.490 e. The van der Waals surface area contributed by atoms with E-state index in [1.165, 1.54) is 0 Å². The lowest BCUT2D eigenvalue weighted by Crippen LogP contribution is -2.23. The molecule has 8 heteroatoms. The van der Waals surface area contributed by atoms with E-state index in [-0.39, 0.29) is 5.91 Å². The number of carboxylic acid groups (broad SMARTS) is 1. The molecule has 0 aliphatic heterocycles. The first-order valence-electron chi connectivity index (χ1n) is 5.41. The smallest absolute Gasteiger partial charge is 0.475 e. The molecule has 0 aromatic heterocycles. The summed E-state index contributed by atoms with van der Waals surface area (Å²) in [5.74, 6) is -2.76. The summed E-state index contributed by atoms with van der Waals surface area (Å²) in [4.78, 5) is 22.0. The van der Waals surface area contributed by atoms with Crippen LogP contribution >= 0.6 is 0 Å². The zero-order valence-corrected chi connectivity index (χ0v) is 10.9. The molecule has 0 unspecified atom stereocenters. The van der Waals surface area contributed by atoms with Crippen molar-refractivity contribution in [2.45, 2.75) is 12.7 Å². The molecule has 1 aromatic carbocycles. The second-order valence-corrected chi connectivity index (χ2v) is 3.86. The Morgan fingerprint density at radius 3 is 2.05 bits per heavy atom. The molecular formula is C12H15F3N2O3. The monoisotopic (exact) mass is 292 g/mol. The van der Waals surface area contributed by atoms with Crippen molar-refractivity contribution in [3.8, 4) is 0 Å². The summed E-state index contributed by atoms with van der Waals surface area (Å²) >= 11 is 0. The van der Waals surface area contributed by atoms with E-state index in [1.54, 1.807) is 25.1 Å². The third-order valence-electron chi connectivity index (χ3n) is 2.12. The SMILES string of the molecule is CN(C)C(=O)c1ccccc1CN.O=C(O)C(F)(F)F. The van der Waals surface area contributed by atoms with Crippen molar-refractivity contribution in [2.24, 2.45) is 5.73 Å². The van der Waals surface area contributed by atoms with Crippen LogP contribution in [-0.4, -0.2) is 42.2 Å². The number of nitrogens with zero attached hydrogens (tertiary/aromatic N) is 1. The second kappa shape index (κ2) is 7.49. The lowest BCUT2D eigenvalue weighted by atomic mass is 10.1. The molecule has 0 saturated heterocycles. The van der Waals surface area contributed by atoms with Gasteiger partial charge >= 0.3 is 12.1 Å². The van der Waals surface area contributed by atoms with Crippen molar-refractivity contribution in [1.82, 2.24) is 4.90 Å². The Bertz CT molecular complexity index is 473. The minimum absolute atomic E-state index is 0.000972. The van der Waals surface area contributed by atoms with E-state index in [9.17, 15) is 18.0 Å². The van der Waals surface area contributed by atoms with Crippen molar-refractivity contribution in [2.75, 3.05) is 14.1 Å². The molecule has 3 N–H and O–H groups in total. The van der Waals surface area contributed by atoms with E-state index in [2.05, 4.69) is 0 Å². The lowest BCUT2D eigenvalue weighted by molar-refractivity contribution is -0.192. The van der Waals surface area contributed by atoms with Crippen LogP contribution in [0.5, 0.6) is 0 Å². The highest BCUT2D eigenvalue weighted by Gasteiger charge is 2.38. The van der Waals surface area contributed by atoms with Crippen LogP contribution in [0.1, 0.15) is 15.9 Å². The molecule has 112 valence electrons. The van der Waals surface area contributed by atoms with Gasteiger partial charge in [-0.15, -0.1) is 0 Å². The predicted molar refractivity (Wildman–Crippen MR) is 66.0 cm³/mol. The highest BCUT2D eigenvalue weighted by Crippen LogP contribution is 2.13. The standard InChI is InChI=1S/C10H14N2O.C2HF3O2/c1-12(2)10(13)9-6-4-3-5-8(9)7-11;3-2(4,5)1(6)7/h3-6H,7,11H2,1-2H3;(H,6,7). The summed E-state index contributed by atoms with van der Waals surface area (Å²) in [7, 11) is 3.46. The maximum absolute atomic E-state index is 11.6. The van der Waals surface area contributed by atoms with Crippen molar-refractivity contribution in [3.63, 3.8) is 0 Å². The van der Waals surface area contributed by atoms with Gasteiger partial charge in [0.2, 0.25) is 0 Å². The van der Waals surface area contributed by atoms with Gasteiger partial charge in [-0.05, 0) is 11.6 Å². The molecule has 0 fully saturated rings. The summed E-state index contributed by atoms with van der Waals surface area (Å²) in [6.07, 6.45) is -5.08. The fraction of sp³-hybridized carbons (Fsp3) is 0.333. The molecule has 5 nitrogen and oxygen atoms in total. The Labute approximate surface area is 113 Å². The summed E-state index contributed by atoms with van der Waals surface area (Å²) in [5.41, 5.74) is 7.10. The van der Waals surface area contributed by atoms with E-state index in [0.717, 1.165) is 5.56 Å². The molecular weight excluding hydrogens is 277 g/mol. The molecule has 0 bridgehead atoms. The Morgan fingerprint density at radius 2 is 1.70 bits per heavy atom. The molecule has 0 heterocycles. The summed E-state index contributed by atoms with van der Waals surface area (Å²) in [6.45, 7) is 0.399. The van der Waals surface area contributed by atoms with Crippen LogP contribution in [0.2, 0.25) is 0 Å². The number of nitrogens with two attached hydrogens (primary N) is 1. The summed E-state index contributed by atoms with van der Waals surface area (Å²) < 4.78 is 31.7. The number of carboxylic acids is 1. The number of carbonyl (C=O) groups excluding carboxylic acids is 1. The van der Waals surface area contributed by atoms with Crippen LogP contribution < -0.4 is 5.73 Å². The van der Waals surface area contributed by atoms with Gasteiger partial charge in [-0.25, -0.2) is 4.79 Å². The molecule has 20 heavy (non-hydrogen) atoms. The molecule has 0 radical (unpaired) electrons. The molecule has 0 saturated carbocycles. The van der Waals surface area contributed by atoms with E-state index in [0.29, 0.717) is 12.1 Å². The summed E-state index contributed by atoms with van der Waals surface area (Å²) in [5, 5.41) is 7.12. The van der Waals surface area contributed by atoms with Gasteiger partial charge in [0, 0.05) is 26.2 Å². The largest absolute Gasteiger partial charge is 0.490 e. The fourth-order valence-corrected chi connectivity index (χ4v) is 1.15. The average molecular weight is 292 g/mol.